The van der Waals surface area contributed by atoms with E-state index in [2.05, 4.69) is 24.3 Å². The van der Waals surface area contributed by atoms with Crippen molar-refractivity contribution in [2.75, 3.05) is 23.7 Å². The lowest BCUT2D eigenvalue weighted by molar-refractivity contribution is 0.0954. The topological polar surface area (TPSA) is 75.0 Å². The second-order valence-corrected chi connectivity index (χ2v) is 9.68. The van der Waals surface area contributed by atoms with E-state index in [1.165, 1.54) is 11.6 Å². The van der Waals surface area contributed by atoms with Crippen LogP contribution in [0.25, 0.3) is 0 Å². The van der Waals surface area contributed by atoms with Crippen molar-refractivity contribution in [1.29, 1.82) is 0 Å². The number of hydrogen-bond donors (Lipinski definition) is 1. The smallest absolute Gasteiger partial charge is 0.282 e. The lowest BCUT2D eigenvalue weighted by Crippen LogP contribution is -2.55. The van der Waals surface area contributed by atoms with E-state index in [1.54, 1.807) is 58.9 Å². The van der Waals surface area contributed by atoms with E-state index in [0.717, 1.165) is 21.8 Å². The Morgan fingerprint density at radius 3 is 2.42 bits per heavy atom. The number of aromatic nitrogens is 1. The number of benzene rings is 3. The average Bonchev–Trinajstić information content (AvgIpc) is 3.08. The number of aromatic hydroxyl groups is 1. The SMILES string of the molecule is COc1ccc(N2CN(C3c4ccccc4CSc4ccccc43)n3ccc(=O)c(O)c3C2=O)cc1. The molecule has 1 amide bonds. The minimum Gasteiger partial charge on any atom is -0.502 e. The van der Waals surface area contributed by atoms with Gasteiger partial charge in [0.15, 0.2) is 11.4 Å². The summed E-state index contributed by atoms with van der Waals surface area (Å²) in [7, 11) is 1.59. The van der Waals surface area contributed by atoms with Gasteiger partial charge >= 0.3 is 0 Å². The minimum atomic E-state index is -0.594. The fourth-order valence-electron chi connectivity index (χ4n) is 4.92. The summed E-state index contributed by atoms with van der Waals surface area (Å²) in [6.07, 6.45) is 1.57. The summed E-state index contributed by atoms with van der Waals surface area (Å²) in [4.78, 5) is 28.8. The number of carbonyl (C=O) groups excluding carboxylic acids is 1. The van der Waals surface area contributed by atoms with Crippen molar-refractivity contribution in [1.82, 2.24) is 4.68 Å². The second kappa shape index (κ2) is 8.80. The van der Waals surface area contributed by atoms with Gasteiger partial charge in [-0.3, -0.25) is 24.2 Å². The standard InChI is InChI=1S/C28H23N3O4S/c1-35-20-12-10-19(11-13-20)29-17-31(30-15-14-23(32)27(33)26(30)28(29)34)25-21-7-3-2-6-18(21)16-36-24-9-5-4-8-22(24)25/h2-15,25,33H,16-17H2,1H3. The first-order valence-electron chi connectivity index (χ1n) is 11.5. The quantitative estimate of drug-likeness (QED) is 0.449. The number of carbonyl (C=O) groups is 1. The molecule has 0 aliphatic carbocycles. The molecule has 0 radical (unpaired) electrons. The number of fused-ring (bicyclic) bond motifs is 3. The number of anilines is 1. The molecule has 0 fully saturated rings. The van der Waals surface area contributed by atoms with Crippen molar-refractivity contribution < 1.29 is 14.6 Å². The van der Waals surface area contributed by atoms with Crippen LogP contribution in [0, 0.1) is 0 Å². The van der Waals surface area contributed by atoms with E-state index in [-0.39, 0.29) is 18.4 Å². The predicted octanol–water partition coefficient (Wildman–Crippen LogP) is 4.51. The van der Waals surface area contributed by atoms with Gasteiger partial charge < -0.3 is 9.84 Å². The van der Waals surface area contributed by atoms with Crippen LogP contribution in [0.3, 0.4) is 0 Å². The molecule has 0 bridgehead atoms. The summed E-state index contributed by atoms with van der Waals surface area (Å²) < 4.78 is 6.91. The van der Waals surface area contributed by atoms with Crippen LogP contribution in [0.15, 0.2) is 94.7 Å². The molecule has 2 aliphatic heterocycles. The van der Waals surface area contributed by atoms with Gasteiger partial charge in [0.25, 0.3) is 5.91 Å². The van der Waals surface area contributed by atoms with E-state index in [4.69, 9.17) is 4.74 Å². The van der Waals surface area contributed by atoms with Gasteiger partial charge in [0.1, 0.15) is 12.4 Å². The van der Waals surface area contributed by atoms with E-state index in [0.29, 0.717) is 11.4 Å². The second-order valence-electron chi connectivity index (χ2n) is 8.66. The van der Waals surface area contributed by atoms with Gasteiger partial charge in [-0.15, -0.1) is 11.8 Å². The molecule has 1 aromatic heterocycles. The van der Waals surface area contributed by atoms with Gasteiger partial charge in [0, 0.05) is 28.6 Å². The third-order valence-corrected chi connectivity index (χ3v) is 7.83. The van der Waals surface area contributed by atoms with Gasteiger partial charge in [-0.05, 0) is 47.0 Å². The highest BCUT2D eigenvalue weighted by Gasteiger charge is 2.39. The third-order valence-electron chi connectivity index (χ3n) is 6.69. The molecule has 2 aliphatic rings. The molecule has 4 aromatic rings. The summed E-state index contributed by atoms with van der Waals surface area (Å²) in [6, 6.07) is 24.7. The Morgan fingerprint density at radius 2 is 1.64 bits per heavy atom. The Balaban J connectivity index is 1.59. The van der Waals surface area contributed by atoms with Crippen LogP contribution >= 0.6 is 11.8 Å². The fourth-order valence-corrected chi connectivity index (χ4v) is 6.01. The van der Waals surface area contributed by atoms with Crippen molar-refractivity contribution in [3.05, 3.63) is 118 Å². The maximum Gasteiger partial charge on any atom is 0.282 e. The number of methoxy groups -OCH3 is 1. The maximum absolute atomic E-state index is 13.7. The molecular weight excluding hydrogens is 474 g/mol. The molecular formula is C28H23N3O4S. The predicted molar refractivity (Wildman–Crippen MR) is 140 cm³/mol. The summed E-state index contributed by atoms with van der Waals surface area (Å²) in [5.41, 5.74) is 3.39. The molecule has 8 heteroatoms. The van der Waals surface area contributed by atoms with E-state index in [9.17, 15) is 14.7 Å². The molecule has 6 rings (SSSR count). The van der Waals surface area contributed by atoms with Crippen LogP contribution in [0.5, 0.6) is 11.5 Å². The first-order chi connectivity index (χ1) is 17.6. The number of ether oxygens (including phenoxy) is 1. The number of hydrogen-bond acceptors (Lipinski definition) is 6. The average molecular weight is 498 g/mol. The molecule has 3 aromatic carbocycles. The zero-order valence-corrected chi connectivity index (χ0v) is 20.3. The molecule has 36 heavy (non-hydrogen) atoms. The highest BCUT2D eigenvalue weighted by Crippen LogP contribution is 2.43. The lowest BCUT2D eigenvalue weighted by atomic mass is 9.94. The van der Waals surface area contributed by atoms with Crippen molar-refractivity contribution in [3.8, 4) is 11.5 Å². The Kier molecular flexibility index (Phi) is 5.45. The van der Waals surface area contributed by atoms with Gasteiger partial charge in [0.2, 0.25) is 5.43 Å². The van der Waals surface area contributed by atoms with Crippen LogP contribution < -0.4 is 20.1 Å². The molecule has 1 unspecified atom stereocenters. The van der Waals surface area contributed by atoms with Crippen LogP contribution in [-0.4, -0.2) is 29.5 Å². The van der Waals surface area contributed by atoms with Gasteiger partial charge in [0.05, 0.1) is 13.2 Å². The number of nitrogens with zero attached hydrogens (tertiary/aromatic N) is 3. The molecule has 0 spiro atoms. The van der Waals surface area contributed by atoms with Crippen LogP contribution in [0.1, 0.15) is 33.2 Å². The Morgan fingerprint density at radius 1 is 0.917 bits per heavy atom. The molecule has 0 saturated heterocycles. The fraction of sp³-hybridized carbons (Fsp3) is 0.143. The van der Waals surface area contributed by atoms with E-state index in [1.807, 2.05) is 29.3 Å². The molecule has 7 nitrogen and oxygen atoms in total. The van der Waals surface area contributed by atoms with Gasteiger partial charge in [-0.2, -0.15) is 0 Å². The molecule has 3 heterocycles. The van der Waals surface area contributed by atoms with Gasteiger partial charge in [-0.25, -0.2) is 0 Å². The van der Waals surface area contributed by atoms with E-state index >= 15 is 0 Å². The zero-order valence-electron chi connectivity index (χ0n) is 19.5. The summed E-state index contributed by atoms with van der Waals surface area (Å²) in [5, 5.41) is 12.8. The Bertz CT molecular complexity index is 1490. The number of rotatable bonds is 3. The monoisotopic (exact) mass is 497 g/mol. The normalized spacial score (nSPS) is 16.6. The van der Waals surface area contributed by atoms with Crippen LogP contribution in [-0.2, 0) is 5.75 Å². The summed E-state index contributed by atoms with van der Waals surface area (Å²) in [5.74, 6) is 0.482. The van der Waals surface area contributed by atoms with Crippen LogP contribution in [0.4, 0.5) is 5.69 Å². The number of pyridine rings is 1. The number of thioether (sulfide) groups is 1. The van der Waals surface area contributed by atoms with Crippen molar-refractivity contribution >= 4 is 23.4 Å². The largest absolute Gasteiger partial charge is 0.502 e. The minimum absolute atomic E-state index is 0.0589. The highest BCUT2D eigenvalue weighted by atomic mass is 32.2. The van der Waals surface area contributed by atoms with Crippen LogP contribution in [0.2, 0.25) is 0 Å². The first-order valence-corrected chi connectivity index (χ1v) is 12.5. The maximum atomic E-state index is 13.7. The van der Waals surface area contributed by atoms with Crippen molar-refractivity contribution in [2.45, 2.75) is 16.7 Å². The molecule has 1 N–H and O–H groups in total. The Hall–Kier alpha value is -4.17. The highest BCUT2D eigenvalue weighted by molar-refractivity contribution is 7.98. The first kappa shape index (κ1) is 22.3. The van der Waals surface area contributed by atoms with Crippen molar-refractivity contribution in [3.63, 3.8) is 0 Å². The molecule has 0 saturated carbocycles. The lowest BCUT2D eigenvalue weighted by Gasteiger charge is -2.44. The molecule has 1 atom stereocenters. The summed E-state index contributed by atoms with van der Waals surface area (Å²) in [6.45, 7) is 0.207. The Labute approximate surface area is 212 Å². The van der Waals surface area contributed by atoms with E-state index < -0.39 is 17.1 Å². The number of amides is 1. The summed E-state index contributed by atoms with van der Waals surface area (Å²) >= 11 is 1.78. The van der Waals surface area contributed by atoms with Gasteiger partial charge in [-0.1, -0.05) is 42.5 Å². The van der Waals surface area contributed by atoms with Crippen molar-refractivity contribution in [2.24, 2.45) is 0 Å². The molecule has 180 valence electrons. The third kappa shape index (κ3) is 3.53. The zero-order chi connectivity index (χ0) is 24.8.